The van der Waals surface area contributed by atoms with E-state index in [4.69, 9.17) is 4.42 Å². The maximum absolute atomic E-state index is 5.81. The zero-order valence-electron chi connectivity index (χ0n) is 11.2. The molecule has 0 saturated carbocycles. The number of rotatable bonds is 2. The van der Waals surface area contributed by atoms with Gasteiger partial charge in [0.25, 0.3) is 0 Å². The van der Waals surface area contributed by atoms with Gasteiger partial charge in [-0.3, -0.25) is 0 Å². The summed E-state index contributed by atoms with van der Waals surface area (Å²) < 4.78 is 5.81. The van der Waals surface area contributed by atoms with E-state index in [-0.39, 0.29) is 0 Å². The van der Waals surface area contributed by atoms with Crippen LogP contribution in [0.2, 0.25) is 0 Å². The fraction of sp³-hybridized carbons (Fsp3) is 0. The molecule has 21 heavy (non-hydrogen) atoms. The molecule has 0 spiro atoms. The van der Waals surface area contributed by atoms with Gasteiger partial charge >= 0.3 is 0 Å². The molecule has 0 atom stereocenters. The van der Waals surface area contributed by atoms with Crippen LogP contribution in [-0.4, -0.2) is 11.2 Å². The van der Waals surface area contributed by atoms with Crippen molar-refractivity contribution in [3.8, 4) is 0 Å². The molecule has 2 aromatic heterocycles. The van der Waals surface area contributed by atoms with Crippen LogP contribution in [-0.2, 0) is 0 Å². The minimum absolute atomic E-state index is 0.703. The van der Waals surface area contributed by atoms with Crippen molar-refractivity contribution in [3.05, 3.63) is 72.4 Å². The molecule has 0 aliphatic rings. The first kappa shape index (κ1) is 11.9. The molecule has 0 aliphatic carbocycles. The Hall–Kier alpha value is -2.94. The van der Waals surface area contributed by atoms with Gasteiger partial charge in [0, 0.05) is 23.2 Å². The minimum atomic E-state index is 0.703. The molecule has 0 aliphatic heterocycles. The van der Waals surface area contributed by atoms with E-state index in [9.17, 15) is 0 Å². The molecule has 0 radical (unpaired) electrons. The van der Waals surface area contributed by atoms with Gasteiger partial charge in [-0.05, 0) is 42.0 Å². The van der Waals surface area contributed by atoms with E-state index in [1.807, 2.05) is 54.7 Å². The molecule has 0 amide bonds. The van der Waals surface area contributed by atoms with E-state index in [2.05, 4.69) is 22.1 Å². The monoisotopic (exact) mass is 272 g/mol. The molecule has 0 N–H and O–H groups in total. The molecular weight excluding hydrogens is 260 g/mol. The molecule has 0 unspecified atom stereocenters. The Bertz CT molecular complexity index is 939. The number of furan rings is 1. The number of fused-ring (bicyclic) bond motifs is 3. The first-order valence-corrected chi connectivity index (χ1v) is 6.76. The van der Waals surface area contributed by atoms with E-state index in [0.717, 1.165) is 27.5 Å². The summed E-state index contributed by atoms with van der Waals surface area (Å²) in [6.07, 6.45) is 3.56. The number of hydrogen-bond acceptors (Lipinski definition) is 3. The predicted molar refractivity (Wildman–Crippen MR) is 85.2 cm³/mol. The normalized spacial score (nSPS) is 11.6. The van der Waals surface area contributed by atoms with Crippen LogP contribution in [0.5, 0.6) is 0 Å². The highest BCUT2D eigenvalue weighted by Gasteiger charge is 2.05. The van der Waals surface area contributed by atoms with Gasteiger partial charge in [-0.2, -0.15) is 0 Å². The van der Waals surface area contributed by atoms with Gasteiger partial charge in [0.1, 0.15) is 11.2 Å². The van der Waals surface area contributed by atoms with Gasteiger partial charge in [-0.25, -0.2) is 9.98 Å². The smallest absolute Gasteiger partial charge is 0.151 e. The van der Waals surface area contributed by atoms with Crippen LogP contribution in [0, 0.1) is 0 Å². The van der Waals surface area contributed by atoms with E-state index in [0.29, 0.717) is 5.82 Å². The van der Waals surface area contributed by atoms with Crippen molar-refractivity contribution >= 4 is 34.0 Å². The fourth-order valence-corrected chi connectivity index (χ4v) is 2.39. The van der Waals surface area contributed by atoms with Crippen LogP contribution >= 0.6 is 0 Å². The van der Waals surface area contributed by atoms with Crippen molar-refractivity contribution in [1.82, 2.24) is 4.98 Å². The van der Waals surface area contributed by atoms with Crippen LogP contribution < -0.4 is 0 Å². The molecule has 4 rings (SSSR count). The lowest BCUT2D eigenvalue weighted by Crippen LogP contribution is -1.80. The third-order valence-corrected chi connectivity index (χ3v) is 3.40. The first-order valence-electron chi connectivity index (χ1n) is 6.76. The highest BCUT2D eigenvalue weighted by molar-refractivity contribution is 6.06. The standard InChI is InChI=1S/C18H12N2O/c1-2-6-16-14(5-1)15-11-13(8-9-17(15)21-16)12-20-18-7-3-4-10-19-18/h1-12H/b20-12-. The van der Waals surface area contributed by atoms with Gasteiger partial charge in [-0.15, -0.1) is 0 Å². The number of para-hydroxylation sites is 1. The molecule has 2 heterocycles. The number of nitrogens with zero attached hydrogens (tertiary/aromatic N) is 2. The van der Waals surface area contributed by atoms with Crippen molar-refractivity contribution in [1.29, 1.82) is 0 Å². The Morgan fingerprint density at radius 3 is 2.62 bits per heavy atom. The molecule has 4 aromatic rings. The molecule has 0 bridgehead atoms. The quantitative estimate of drug-likeness (QED) is 0.495. The maximum atomic E-state index is 5.81. The lowest BCUT2D eigenvalue weighted by Gasteiger charge is -1.94. The van der Waals surface area contributed by atoms with Crippen LogP contribution in [0.1, 0.15) is 5.56 Å². The summed E-state index contributed by atoms with van der Waals surface area (Å²) in [5.74, 6) is 0.703. The van der Waals surface area contributed by atoms with Crippen molar-refractivity contribution in [2.45, 2.75) is 0 Å². The zero-order chi connectivity index (χ0) is 14.1. The summed E-state index contributed by atoms with van der Waals surface area (Å²) in [6, 6.07) is 19.8. The molecule has 0 saturated heterocycles. The maximum Gasteiger partial charge on any atom is 0.151 e. The summed E-state index contributed by atoms with van der Waals surface area (Å²) in [5, 5.41) is 2.23. The highest BCUT2D eigenvalue weighted by Crippen LogP contribution is 2.28. The second-order valence-corrected chi connectivity index (χ2v) is 4.80. The van der Waals surface area contributed by atoms with Crippen molar-refractivity contribution in [3.63, 3.8) is 0 Å². The second kappa shape index (κ2) is 4.87. The Balaban J connectivity index is 1.80. The third-order valence-electron chi connectivity index (χ3n) is 3.40. The van der Waals surface area contributed by atoms with E-state index < -0.39 is 0 Å². The number of aromatic nitrogens is 1. The largest absolute Gasteiger partial charge is 0.456 e. The molecule has 0 fully saturated rings. The van der Waals surface area contributed by atoms with Crippen LogP contribution in [0.25, 0.3) is 21.9 Å². The summed E-state index contributed by atoms with van der Waals surface area (Å²) in [7, 11) is 0. The van der Waals surface area contributed by atoms with Gasteiger partial charge < -0.3 is 4.42 Å². The second-order valence-electron chi connectivity index (χ2n) is 4.80. The summed E-state index contributed by atoms with van der Waals surface area (Å²) in [5.41, 5.74) is 2.83. The lowest BCUT2D eigenvalue weighted by molar-refractivity contribution is 0.669. The molecule has 2 aromatic carbocycles. The summed E-state index contributed by atoms with van der Waals surface area (Å²) in [6.45, 7) is 0. The van der Waals surface area contributed by atoms with Crippen molar-refractivity contribution in [2.24, 2.45) is 4.99 Å². The summed E-state index contributed by atoms with van der Waals surface area (Å²) in [4.78, 5) is 8.56. The number of aliphatic imine (C=N–C) groups is 1. The highest BCUT2D eigenvalue weighted by atomic mass is 16.3. The predicted octanol–water partition coefficient (Wildman–Crippen LogP) is 4.73. The molecule has 3 heteroatoms. The Labute approximate surface area is 121 Å². The average molecular weight is 272 g/mol. The van der Waals surface area contributed by atoms with Gasteiger partial charge in [0.15, 0.2) is 5.82 Å². The minimum Gasteiger partial charge on any atom is -0.456 e. The molecule has 3 nitrogen and oxygen atoms in total. The Morgan fingerprint density at radius 2 is 1.71 bits per heavy atom. The Kier molecular flexibility index (Phi) is 2.75. The summed E-state index contributed by atoms with van der Waals surface area (Å²) >= 11 is 0. The van der Waals surface area contributed by atoms with E-state index in [1.165, 1.54) is 0 Å². The number of pyridine rings is 1. The number of benzene rings is 2. The Morgan fingerprint density at radius 1 is 0.857 bits per heavy atom. The lowest BCUT2D eigenvalue weighted by atomic mass is 10.1. The van der Waals surface area contributed by atoms with Gasteiger partial charge in [0.2, 0.25) is 0 Å². The fourth-order valence-electron chi connectivity index (χ4n) is 2.39. The zero-order valence-corrected chi connectivity index (χ0v) is 11.2. The third kappa shape index (κ3) is 2.19. The average Bonchev–Trinajstić information content (AvgIpc) is 2.92. The van der Waals surface area contributed by atoms with E-state index in [1.54, 1.807) is 6.20 Å². The van der Waals surface area contributed by atoms with E-state index >= 15 is 0 Å². The van der Waals surface area contributed by atoms with Crippen molar-refractivity contribution < 1.29 is 4.42 Å². The first-order chi connectivity index (χ1) is 10.4. The van der Waals surface area contributed by atoms with Crippen LogP contribution in [0.4, 0.5) is 5.82 Å². The van der Waals surface area contributed by atoms with Gasteiger partial charge in [0.05, 0.1) is 0 Å². The topological polar surface area (TPSA) is 38.4 Å². The van der Waals surface area contributed by atoms with Crippen molar-refractivity contribution in [2.75, 3.05) is 0 Å². The number of hydrogen-bond donors (Lipinski definition) is 0. The SMILES string of the molecule is C(=N/c1ccccn1)/c1ccc2oc3ccccc3c2c1. The van der Waals surface area contributed by atoms with Crippen LogP contribution in [0.3, 0.4) is 0 Å². The molecule has 100 valence electrons. The van der Waals surface area contributed by atoms with Gasteiger partial charge in [-0.1, -0.05) is 24.3 Å². The molecular formula is C18H12N2O. The van der Waals surface area contributed by atoms with Crippen LogP contribution in [0.15, 0.2) is 76.3 Å².